The van der Waals surface area contributed by atoms with Gasteiger partial charge in [0.05, 0.1) is 5.56 Å². The fraction of sp³-hybridized carbons (Fsp3) is 0.471. The van der Waals surface area contributed by atoms with E-state index in [-0.39, 0.29) is 24.1 Å². The number of carbonyl (C=O) groups is 1. The Hall–Kier alpha value is -1.86. The van der Waals surface area contributed by atoms with Crippen molar-refractivity contribution in [2.45, 2.75) is 38.6 Å². The maximum absolute atomic E-state index is 14.1. The van der Waals surface area contributed by atoms with E-state index in [0.29, 0.717) is 12.1 Å². The molecular formula is C17H20FNO2. The van der Waals surface area contributed by atoms with E-state index in [4.69, 9.17) is 5.11 Å². The zero-order valence-corrected chi connectivity index (χ0v) is 12.2. The number of hydrogen-bond donors (Lipinski definition) is 1. The van der Waals surface area contributed by atoms with Crippen molar-refractivity contribution in [1.29, 1.82) is 0 Å². The van der Waals surface area contributed by atoms with Crippen LogP contribution in [0.1, 0.15) is 48.5 Å². The Morgan fingerprint density at radius 3 is 2.95 bits per heavy atom. The number of halogens is 1. The smallest absolute Gasteiger partial charge is 0.257 e. The molecule has 0 radical (unpaired) electrons. The first-order valence-electron chi connectivity index (χ1n) is 7.33. The lowest BCUT2D eigenvalue weighted by Crippen LogP contribution is -2.38. The molecule has 0 saturated carbocycles. The van der Waals surface area contributed by atoms with Gasteiger partial charge in [0.1, 0.15) is 12.4 Å². The Morgan fingerprint density at radius 1 is 1.43 bits per heavy atom. The molecule has 4 heteroatoms. The molecule has 0 bridgehead atoms. The van der Waals surface area contributed by atoms with Gasteiger partial charge in [-0.15, -0.1) is 0 Å². The number of likely N-dealkylation sites (tertiary alicyclic amines) is 1. The zero-order chi connectivity index (χ0) is 15.2. The molecule has 1 unspecified atom stereocenters. The number of carbonyl (C=O) groups excluding carboxylic acids is 1. The maximum Gasteiger partial charge on any atom is 0.257 e. The first-order valence-corrected chi connectivity index (χ1v) is 7.33. The molecule has 1 fully saturated rings. The van der Waals surface area contributed by atoms with Crippen LogP contribution in [0, 0.1) is 17.7 Å². The predicted molar refractivity (Wildman–Crippen MR) is 79.3 cm³/mol. The highest BCUT2D eigenvalue weighted by Gasteiger charge is 2.25. The van der Waals surface area contributed by atoms with Gasteiger partial charge >= 0.3 is 0 Å². The van der Waals surface area contributed by atoms with E-state index < -0.39 is 5.82 Å². The second-order valence-electron chi connectivity index (χ2n) is 5.35. The van der Waals surface area contributed by atoms with Gasteiger partial charge in [-0.05, 0) is 38.0 Å². The van der Waals surface area contributed by atoms with Crippen molar-refractivity contribution in [3.8, 4) is 11.8 Å². The molecular weight excluding hydrogens is 269 g/mol. The van der Waals surface area contributed by atoms with Gasteiger partial charge in [0.15, 0.2) is 0 Å². The summed E-state index contributed by atoms with van der Waals surface area (Å²) in [5.41, 5.74) is 0.556. The molecule has 1 amide bonds. The summed E-state index contributed by atoms with van der Waals surface area (Å²) < 4.78 is 14.1. The number of nitrogens with zero attached hydrogens (tertiary/aromatic N) is 1. The zero-order valence-electron chi connectivity index (χ0n) is 12.2. The summed E-state index contributed by atoms with van der Waals surface area (Å²) in [7, 11) is 0. The Bertz CT molecular complexity index is 574. The van der Waals surface area contributed by atoms with Gasteiger partial charge in [-0.1, -0.05) is 24.7 Å². The summed E-state index contributed by atoms with van der Waals surface area (Å²) in [6.45, 7) is 2.43. The first kappa shape index (κ1) is 15.5. The summed E-state index contributed by atoms with van der Waals surface area (Å²) >= 11 is 0. The molecule has 1 atom stereocenters. The molecule has 1 aromatic rings. The van der Waals surface area contributed by atoms with Crippen LogP contribution in [0.2, 0.25) is 0 Å². The van der Waals surface area contributed by atoms with E-state index >= 15 is 0 Å². The number of rotatable bonds is 1. The van der Waals surface area contributed by atoms with Crippen molar-refractivity contribution in [3.05, 3.63) is 35.1 Å². The van der Waals surface area contributed by atoms with Crippen LogP contribution in [0.5, 0.6) is 0 Å². The molecule has 21 heavy (non-hydrogen) atoms. The van der Waals surface area contributed by atoms with Gasteiger partial charge in [-0.25, -0.2) is 4.39 Å². The van der Waals surface area contributed by atoms with Crippen molar-refractivity contribution in [2.24, 2.45) is 0 Å². The Morgan fingerprint density at radius 2 is 2.24 bits per heavy atom. The standard InChI is InChI=1S/C17H20FNO2/c1-13-6-3-2-4-10-19(13)17(21)15-9-8-14(7-5-11-20)12-16(15)18/h8-9,12-13,20H,2-4,6,10-11H2,1H3. The summed E-state index contributed by atoms with van der Waals surface area (Å²) in [5.74, 6) is 4.30. The third-order valence-electron chi connectivity index (χ3n) is 3.83. The molecule has 1 aliphatic rings. The van der Waals surface area contributed by atoms with Crippen LogP contribution in [0.15, 0.2) is 18.2 Å². The molecule has 1 aliphatic heterocycles. The van der Waals surface area contributed by atoms with E-state index in [9.17, 15) is 9.18 Å². The minimum atomic E-state index is -0.554. The van der Waals surface area contributed by atoms with E-state index in [0.717, 1.165) is 25.7 Å². The van der Waals surface area contributed by atoms with Gasteiger partial charge in [0.2, 0.25) is 0 Å². The highest BCUT2D eigenvalue weighted by atomic mass is 19.1. The van der Waals surface area contributed by atoms with Gasteiger partial charge in [0, 0.05) is 18.2 Å². The summed E-state index contributed by atoms with van der Waals surface area (Å²) in [4.78, 5) is 14.3. The molecule has 1 saturated heterocycles. The summed E-state index contributed by atoms with van der Waals surface area (Å²) in [5, 5.41) is 8.64. The van der Waals surface area contributed by atoms with Crippen LogP contribution >= 0.6 is 0 Å². The number of aliphatic hydroxyl groups is 1. The molecule has 112 valence electrons. The predicted octanol–water partition coefficient (Wildman–Crippen LogP) is 2.57. The highest BCUT2D eigenvalue weighted by Crippen LogP contribution is 2.20. The Balaban J connectivity index is 2.22. The van der Waals surface area contributed by atoms with Crippen molar-refractivity contribution in [3.63, 3.8) is 0 Å². The van der Waals surface area contributed by atoms with Crippen molar-refractivity contribution in [2.75, 3.05) is 13.2 Å². The lowest BCUT2D eigenvalue weighted by molar-refractivity contribution is 0.0693. The van der Waals surface area contributed by atoms with Crippen LogP contribution in [-0.4, -0.2) is 35.1 Å². The summed E-state index contributed by atoms with van der Waals surface area (Å²) in [6.07, 6.45) is 4.17. The number of amides is 1. The normalized spacial score (nSPS) is 18.6. The van der Waals surface area contributed by atoms with Crippen molar-refractivity contribution >= 4 is 5.91 Å². The Labute approximate surface area is 124 Å². The van der Waals surface area contributed by atoms with Crippen LogP contribution in [0.4, 0.5) is 4.39 Å². The van der Waals surface area contributed by atoms with E-state index in [1.165, 1.54) is 12.1 Å². The molecule has 1 heterocycles. The fourth-order valence-corrected chi connectivity index (χ4v) is 2.64. The minimum absolute atomic E-state index is 0.0956. The Kier molecular flexibility index (Phi) is 5.35. The lowest BCUT2D eigenvalue weighted by atomic mass is 10.1. The quantitative estimate of drug-likeness (QED) is 0.807. The molecule has 0 aromatic heterocycles. The van der Waals surface area contributed by atoms with E-state index in [1.807, 2.05) is 6.92 Å². The van der Waals surface area contributed by atoms with Crippen LogP contribution < -0.4 is 0 Å². The van der Waals surface area contributed by atoms with Crippen molar-refractivity contribution in [1.82, 2.24) is 4.90 Å². The molecule has 2 rings (SSSR count). The fourth-order valence-electron chi connectivity index (χ4n) is 2.64. The largest absolute Gasteiger partial charge is 0.384 e. The van der Waals surface area contributed by atoms with E-state index in [1.54, 1.807) is 11.0 Å². The third kappa shape index (κ3) is 3.83. The van der Waals surface area contributed by atoms with Gasteiger partial charge in [-0.2, -0.15) is 0 Å². The topological polar surface area (TPSA) is 40.5 Å². The molecule has 1 N–H and O–H groups in total. The average Bonchev–Trinajstić information content (AvgIpc) is 2.69. The van der Waals surface area contributed by atoms with Crippen molar-refractivity contribution < 1.29 is 14.3 Å². The number of hydrogen-bond acceptors (Lipinski definition) is 2. The average molecular weight is 289 g/mol. The van der Waals surface area contributed by atoms with E-state index in [2.05, 4.69) is 11.8 Å². The SMILES string of the molecule is CC1CCCCCN1C(=O)c1ccc(C#CCO)cc1F. The second-order valence-corrected chi connectivity index (χ2v) is 5.35. The summed E-state index contributed by atoms with van der Waals surface area (Å²) in [6, 6.07) is 4.49. The van der Waals surface area contributed by atoms with Crippen LogP contribution in [0.3, 0.4) is 0 Å². The molecule has 3 nitrogen and oxygen atoms in total. The van der Waals surface area contributed by atoms with Crippen LogP contribution in [-0.2, 0) is 0 Å². The van der Waals surface area contributed by atoms with Gasteiger partial charge in [-0.3, -0.25) is 4.79 Å². The maximum atomic E-state index is 14.1. The number of aliphatic hydroxyl groups excluding tert-OH is 1. The highest BCUT2D eigenvalue weighted by molar-refractivity contribution is 5.94. The number of benzene rings is 1. The van der Waals surface area contributed by atoms with Gasteiger partial charge in [0.25, 0.3) is 5.91 Å². The second kappa shape index (κ2) is 7.24. The third-order valence-corrected chi connectivity index (χ3v) is 3.83. The lowest BCUT2D eigenvalue weighted by Gasteiger charge is -2.27. The monoisotopic (exact) mass is 289 g/mol. The van der Waals surface area contributed by atoms with Crippen LogP contribution in [0.25, 0.3) is 0 Å². The molecule has 1 aromatic carbocycles. The minimum Gasteiger partial charge on any atom is -0.384 e. The first-order chi connectivity index (χ1) is 10.1. The van der Waals surface area contributed by atoms with Gasteiger partial charge < -0.3 is 10.0 Å². The molecule has 0 aliphatic carbocycles. The molecule has 0 spiro atoms.